The molecule has 0 amide bonds. The van der Waals surface area contributed by atoms with Crippen LogP contribution in [0.3, 0.4) is 0 Å². The van der Waals surface area contributed by atoms with E-state index in [0.717, 1.165) is 49.8 Å². The number of ether oxygens (including phenoxy) is 1. The van der Waals surface area contributed by atoms with Gasteiger partial charge in [0.2, 0.25) is 5.75 Å². The largest absolute Gasteiger partial charge is 0.507 e. The maximum Gasteiger partial charge on any atom is 0.204 e. The molecule has 1 aliphatic rings. The van der Waals surface area contributed by atoms with Gasteiger partial charge in [-0.3, -0.25) is 4.79 Å². The summed E-state index contributed by atoms with van der Waals surface area (Å²) >= 11 is 0. The van der Waals surface area contributed by atoms with Gasteiger partial charge in [-0.25, -0.2) is 0 Å². The van der Waals surface area contributed by atoms with Crippen molar-refractivity contribution in [2.24, 2.45) is 0 Å². The van der Waals surface area contributed by atoms with Crippen molar-refractivity contribution in [2.45, 2.75) is 38.5 Å². The van der Waals surface area contributed by atoms with Crippen molar-refractivity contribution in [1.82, 2.24) is 9.80 Å². The fourth-order valence-electron chi connectivity index (χ4n) is 5.22. The maximum absolute atomic E-state index is 12.7. The lowest BCUT2D eigenvalue weighted by molar-refractivity contribution is 0.211. The molecule has 1 fully saturated rings. The Labute approximate surface area is 225 Å². The van der Waals surface area contributed by atoms with Crippen LogP contribution in [0.5, 0.6) is 17.2 Å². The topological polar surface area (TPSA) is 89.6 Å². The molecule has 0 radical (unpaired) electrons. The number of fused-ring (bicyclic) bond motifs is 1. The summed E-state index contributed by atoms with van der Waals surface area (Å²) in [6.45, 7) is 7.01. The third-order valence-electron chi connectivity index (χ3n) is 7.46. The van der Waals surface area contributed by atoms with E-state index in [1.807, 2.05) is 24.3 Å². The van der Waals surface area contributed by atoms with Gasteiger partial charge in [0.05, 0.1) is 7.11 Å². The molecule has 38 heavy (non-hydrogen) atoms. The fraction of sp³-hybridized carbons (Fsp3) is 0.500. The first-order valence-corrected chi connectivity index (χ1v) is 13.7. The smallest absolute Gasteiger partial charge is 0.204 e. The number of phenolic OH excluding ortho intramolecular Hbond substituents is 2. The highest BCUT2D eigenvalue weighted by atomic mass is 16.5. The van der Waals surface area contributed by atoms with Gasteiger partial charge in [0, 0.05) is 37.0 Å². The van der Waals surface area contributed by atoms with Crippen molar-refractivity contribution in [3.63, 3.8) is 0 Å². The van der Waals surface area contributed by atoms with Crippen LogP contribution >= 0.6 is 0 Å². The quantitative estimate of drug-likeness (QED) is 0.324. The molecule has 2 aromatic carbocycles. The Balaban J connectivity index is 1.28. The van der Waals surface area contributed by atoms with Crippen LogP contribution in [0.2, 0.25) is 0 Å². The summed E-state index contributed by atoms with van der Waals surface area (Å²) < 4.78 is 11.1. The Hall–Kier alpha value is -3.23. The average Bonchev–Trinajstić information content (AvgIpc) is 2.91. The van der Waals surface area contributed by atoms with Crippen LogP contribution in [0.4, 0.5) is 5.69 Å². The zero-order valence-corrected chi connectivity index (χ0v) is 22.9. The molecule has 0 unspecified atom stereocenters. The second-order valence-corrected chi connectivity index (χ2v) is 10.4. The summed E-state index contributed by atoms with van der Waals surface area (Å²) in [7, 11) is 5.68. The van der Waals surface area contributed by atoms with E-state index in [4.69, 9.17) is 9.15 Å². The van der Waals surface area contributed by atoms with Crippen molar-refractivity contribution in [2.75, 3.05) is 65.4 Å². The molecule has 0 saturated carbocycles. The molecule has 2 N–H and O–H groups in total. The molecule has 1 aromatic heterocycles. The van der Waals surface area contributed by atoms with Crippen LogP contribution in [0, 0.1) is 0 Å². The Bertz CT molecular complexity index is 1250. The van der Waals surface area contributed by atoms with Crippen molar-refractivity contribution in [1.29, 1.82) is 0 Å². The minimum Gasteiger partial charge on any atom is -0.507 e. The highest BCUT2D eigenvalue weighted by molar-refractivity contribution is 5.91. The summed E-state index contributed by atoms with van der Waals surface area (Å²) in [5, 5.41) is 20.2. The van der Waals surface area contributed by atoms with E-state index in [-0.39, 0.29) is 28.2 Å². The van der Waals surface area contributed by atoms with Gasteiger partial charge in [0.15, 0.2) is 16.8 Å². The molecule has 4 rings (SSSR count). The predicted octanol–water partition coefficient (Wildman–Crippen LogP) is 4.90. The first kappa shape index (κ1) is 27.8. The second kappa shape index (κ2) is 13.0. The molecule has 1 aliphatic heterocycles. The summed E-state index contributed by atoms with van der Waals surface area (Å²) in [4.78, 5) is 20.0. The van der Waals surface area contributed by atoms with Gasteiger partial charge in [0.25, 0.3) is 0 Å². The summed E-state index contributed by atoms with van der Waals surface area (Å²) in [6.07, 6.45) is 7.63. The van der Waals surface area contributed by atoms with E-state index in [1.54, 1.807) is 0 Å². The molecular weight excluding hydrogens is 482 g/mol. The average molecular weight is 524 g/mol. The highest BCUT2D eigenvalue weighted by Crippen LogP contribution is 2.40. The minimum absolute atomic E-state index is 0.0146. The number of unbranched alkanes of at least 4 members (excludes halogenated alkanes) is 1. The third-order valence-corrected chi connectivity index (χ3v) is 7.46. The van der Waals surface area contributed by atoms with Gasteiger partial charge in [-0.15, -0.1) is 0 Å². The monoisotopic (exact) mass is 523 g/mol. The van der Waals surface area contributed by atoms with Crippen LogP contribution < -0.4 is 15.1 Å². The first-order valence-electron chi connectivity index (χ1n) is 13.7. The predicted molar refractivity (Wildman–Crippen MR) is 153 cm³/mol. The molecule has 1 saturated heterocycles. The van der Waals surface area contributed by atoms with E-state index in [0.29, 0.717) is 5.76 Å². The van der Waals surface area contributed by atoms with Crippen molar-refractivity contribution in [3.05, 3.63) is 46.6 Å². The van der Waals surface area contributed by atoms with Crippen molar-refractivity contribution in [3.8, 4) is 28.6 Å². The van der Waals surface area contributed by atoms with E-state index < -0.39 is 5.43 Å². The number of anilines is 1. The summed E-state index contributed by atoms with van der Waals surface area (Å²) in [5.41, 5.74) is 1.41. The number of aromatic hydroxyl groups is 2. The Morgan fingerprint density at radius 3 is 2.32 bits per heavy atom. The molecule has 206 valence electrons. The Morgan fingerprint density at radius 1 is 0.921 bits per heavy atom. The van der Waals surface area contributed by atoms with Crippen LogP contribution in [0.25, 0.3) is 22.3 Å². The molecule has 3 aromatic rings. The number of hydrogen-bond donors (Lipinski definition) is 2. The number of likely N-dealkylation sites (tertiary alicyclic amines) is 1. The zero-order valence-electron chi connectivity index (χ0n) is 22.9. The number of methoxy groups -OCH3 is 1. The zero-order chi connectivity index (χ0) is 27.1. The third kappa shape index (κ3) is 6.79. The Morgan fingerprint density at radius 2 is 1.61 bits per heavy atom. The molecule has 0 atom stereocenters. The number of hydrogen-bond acceptors (Lipinski definition) is 8. The fourth-order valence-corrected chi connectivity index (χ4v) is 5.22. The normalized spacial score (nSPS) is 14.3. The van der Waals surface area contributed by atoms with E-state index in [1.165, 1.54) is 58.5 Å². The van der Waals surface area contributed by atoms with Crippen molar-refractivity contribution >= 4 is 16.7 Å². The lowest BCUT2D eigenvalue weighted by atomic mass is 10.1. The molecule has 2 heterocycles. The molecule has 0 spiro atoms. The maximum atomic E-state index is 12.7. The van der Waals surface area contributed by atoms with Gasteiger partial charge in [-0.1, -0.05) is 6.42 Å². The van der Waals surface area contributed by atoms with Gasteiger partial charge < -0.3 is 34.1 Å². The van der Waals surface area contributed by atoms with Gasteiger partial charge >= 0.3 is 0 Å². The SMILES string of the molecule is COc1c(O)cc(O)c2c(=O)cc(-c3ccc(N(C)CCCCN(C)CCCN4CCCCC4)cc3)oc12. The van der Waals surface area contributed by atoms with Crippen LogP contribution in [0.1, 0.15) is 38.5 Å². The first-order chi connectivity index (χ1) is 18.4. The van der Waals surface area contributed by atoms with Gasteiger partial charge in [-0.2, -0.15) is 0 Å². The van der Waals surface area contributed by atoms with E-state index >= 15 is 0 Å². The summed E-state index contributed by atoms with van der Waals surface area (Å²) in [6, 6.07) is 10.2. The number of nitrogens with zero attached hydrogens (tertiary/aromatic N) is 3. The van der Waals surface area contributed by atoms with Gasteiger partial charge in [-0.05, 0) is 96.1 Å². The molecule has 8 heteroatoms. The molecular formula is C30H41N3O5. The summed E-state index contributed by atoms with van der Waals surface area (Å²) in [5.74, 6) is -0.290. The number of benzene rings is 2. The lowest BCUT2D eigenvalue weighted by Crippen LogP contribution is -2.32. The van der Waals surface area contributed by atoms with Crippen LogP contribution in [0.15, 0.2) is 45.6 Å². The minimum atomic E-state index is -0.408. The van der Waals surface area contributed by atoms with Crippen LogP contribution in [-0.2, 0) is 0 Å². The Kier molecular flexibility index (Phi) is 9.53. The molecule has 0 bridgehead atoms. The number of piperidine rings is 1. The number of phenols is 2. The standard InChI is InChI=1S/C30H41N3O5/c1-31(15-9-19-33-17-5-4-6-18-33)14-7-8-16-32(2)23-12-10-22(11-13-23)27-21-25(35)28-24(34)20-26(36)29(37-3)30(28)38-27/h10-13,20-21,34,36H,4-9,14-19H2,1-3H3. The van der Waals surface area contributed by atoms with Crippen molar-refractivity contribution < 1.29 is 19.4 Å². The molecule has 8 nitrogen and oxygen atoms in total. The molecule has 0 aliphatic carbocycles. The van der Waals surface area contributed by atoms with Crippen LogP contribution in [-0.4, -0.2) is 80.5 Å². The second-order valence-electron chi connectivity index (χ2n) is 10.4. The lowest BCUT2D eigenvalue weighted by Gasteiger charge is -2.27. The number of rotatable bonds is 12. The van der Waals surface area contributed by atoms with E-state index in [9.17, 15) is 15.0 Å². The van der Waals surface area contributed by atoms with Gasteiger partial charge in [0.1, 0.15) is 16.9 Å². The van der Waals surface area contributed by atoms with E-state index in [2.05, 4.69) is 28.8 Å². The highest BCUT2D eigenvalue weighted by Gasteiger charge is 2.19.